The van der Waals surface area contributed by atoms with Crippen LogP contribution < -0.4 is 0 Å². The van der Waals surface area contributed by atoms with Crippen LogP contribution in [0.15, 0.2) is 91.1 Å². The molecule has 1 atom stereocenters. The van der Waals surface area contributed by atoms with Crippen LogP contribution in [0.3, 0.4) is 0 Å². The minimum atomic E-state index is 0.0325. The average molecular weight is 325 g/mol. The number of hydrogen-bond acceptors (Lipinski definition) is 1. The van der Waals surface area contributed by atoms with Crippen molar-refractivity contribution in [2.45, 2.75) is 12.3 Å². The number of carbonyl (C=O) groups excluding carboxylic acids is 1. The lowest BCUT2D eigenvalue weighted by atomic mass is 9.85. The molecule has 0 bridgehead atoms. The third-order valence-electron chi connectivity index (χ3n) is 4.68. The molecule has 25 heavy (non-hydrogen) atoms. The number of fused-ring (bicyclic) bond motifs is 1. The average Bonchev–Trinajstić information content (AvgIpc) is 3.11. The van der Waals surface area contributed by atoms with E-state index in [1.54, 1.807) is 0 Å². The molecule has 1 N–H and O–H groups in total. The van der Waals surface area contributed by atoms with Crippen LogP contribution in [0.2, 0.25) is 0 Å². The number of Topliss-reactive ketones (excluding diaryl/α,β-unsaturated/α-hetero) is 1. The summed E-state index contributed by atoms with van der Waals surface area (Å²) in [6.07, 6.45) is 2.50. The fourth-order valence-corrected chi connectivity index (χ4v) is 3.40. The van der Waals surface area contributed by atoms with Gasteiger partial charge in [-0.1, -0.05) is 78.9 Å². The molecule has 2 nitrogen and oxygen atoms in total. The second-order valence-corrected chi connectivity index (χ2v) is 6.25. The van der Waals surface area contributed by atoms with Crippen molar-refractivity contribution < 1.29 is 4.79 Å². The van der Waals surface area contributed by atoms with Gasteiger partial charge in [0.1, 0.15) is 0 Å². The first-order valence-electron chi connectivity index (χ1n) is 8.52. The van der Waals surface area contributed by atoms with E-state index in [9.17, 15) is 4.79 Å². The molecule has 0 aliphatic carbocycles. The van der Waals surface area contributed by atoms with Gasteiger partial charge in [-0.25, -0.2) is 0 Å². The van der Waals surface area contributed by atoms with Crippen molar-refractivity contribution in [2.24, 2.45) is 0 Å². The Balaban J connectivity index is 1.76. The predicted octanol–water partition coefficient (Wildman–Crippen LogP) is 5.57. The van der Waals surface area contributed by atoms with Crippen molar-refractivity contribution in [1.82, 2.24) is 4.98 Å². The summed E-state index contributed by atoms with van der Waals surface area (Å²) < 4.78 is 0. The van der Waals surface area contributed by atoms with Crippen LogP contribution >= 0.6 is 0 Å². The number of carbonyl (C=O) groups is 1. The van der Waals surface area contributed by atoms with Gasteiger partial charge in [0.15, 0.2) is 5.78 Å². The van der Waals surface area contributed by atoms with Gasteiger partial charge < -0.3 is 4.98 Å². The zero-order chi connectivity index (χ0) is 17.1. The summed E-state index contributed by atoms with van der Waals surface area (Å²) >= 11 is 0. The fraction of sp³-hybridized carbons (Fsp3) is 0.0870. The molecule has 4 rings (SSSR count). The third kappa shape index (κ3) is 3.11. The minimum absolute atomic E-state index is 0.0325. The number of hydrogen-bond donors (Lipinski definition) is 1. The van der Waals surface area contributed by atoms with Crippen molar-refractivity contribution in [3.8, 4) is 0 Å². The number of H-pyrrole nitrogens is 1. The molecular formula is C23H19NO. The van der Waals surface area contributed by atoms with E-state index in [0.717, 1.165) is 16.6 Å². The lowest BCUT2D eigenvalue weighted by Crippen LogP contribution is -2.09. The maximum atomic E-state index is 12.8. The second kappa shape index (κ2) is 6.78. The summed E-state index contributed by atoms with van der Waals surface area (Å²) in [5.41, 5.74) is 4.21. The van der Waals surface area contributed by atoms with E-state index in [1.165, 1.54) is 10.9 Å². The van der Waals surface area contributed by atoms with Gasteiger partial charge in [0, 0.05) is 35.0 Å². The molecule has 0 radical (unpaired) electrons. The normalized spacial score (nSPS) is 12.2. The Morgan fingerprint density at radius 2 is 1.44 bits per heavy atom. The SMILES string of the molecule is O=C(CC(c1ccccc1)c1c[nH]c2ccccc12)c1ccccc1. The van der Waals surface area contributed by atoms with Gasteiger partial charge in [-0.2, -0.15) is 0 Å². The van der Waals surface area contributed by atoms with Gasteiger partial charge in [-0.3, -0.25) is 4.79 Å². The minimum Gasteiger partial charge on any atom is -0.361 e. The first-order chi connectivity index (χ1) is 12.3. The molecular weight excluding hydrogens is 306 g/mol. The zero-order valence-corrected chi connectivity index (χ0v) is 13.9. The monoisotopic (exact) mass is 325 g/mol. The van der Waals surface area contributed by atoms with Gasteiger partial charge in [-0.05, 0) is 17.2 Å². The van der Waals surface area contributed by atoms with Crippen LogP contribution in [-0.2, 0) is 0 Å². The Hall–Kier alpha value is -3.13. The van der Waals surface area contributed by atoms with Crippen LogP contribution in [0.4, 0.5) is 0 Å². The number of ketones is 1. The molecule has 0 aliphatic heterocycles. The second-order valence-electron chi connectivity index (χ2n) is 6.25. The lowest BCUT2D eigenvalue weighted by Gasteiger charge is -2.17. The maximum absolute atomic E-state index is 12.8. The first-order valence-corrected chi connectivity index (χ1v) is 8.52. The summed E-state index contributed by atoms with van der Waals surface area (Å²) in [7, 11) is 0. The Kier molecular flexibility index (Phi) is 4.17. The van der Waals surface area contributed by atoms with E-state index in [0.29, 0.717) is 6.42 Å². The fourth-order valence-electron chi connectivity index (χ4n) is 3.40. The molecule has 0 saturated heterocycles. The molecule has 4 aromatic rings. The summed E-state index contributed by atoms with van der Waals surface area (Å²) in [6, 6.07) is 28.1. The zero-order valence-electron chi connectivity index (χ0n) is 13.9. The first kappa shape index (κ1) is 15.4. The van der Waals surface area contributed by atoms with E-state index in [1.807, 2.05) is 66.9 Å². The van der Waals surface area contributed by atoms with Crippen LogP contribution in [0.1, 0.15) is 33.8 Å². The third-order valence-corrected chi connectivity index (χ3v) is 4.68. The van der Waals surface area contributed by atoms with E-state index >= 15 is 0 Å². The highest BCUT2D eigenvalue weighted by Gasteiger charge is 2.21. The largest absolute Gasteiger partial charge is 0.361 e. The molecule has 0 spiro atoms. The molecule has 122 valence electrons. The molecule has 0 saturated carbocycles. The molecule has 2 heteroatoms. The standard InChI is InChI=1S/C23H19NO/c25-23(18-11-5-2-6-12-18)15-20(17-9-3-1-4-10-17)21-16-24-22-14-8-7-13-19(21)22/h1-14,16,20,24H,15H2. The molecule has 1 heterocycles. The van der Waals surface area contributed by atoms with E-state index < -0.39 is 0 Å². The highest BCUT2D eigenvalue weighted by atomic mass is 16.1. The van der Waals surface area contributed by atoms with Crippen molar-refractivity contribution in [1.29, 1.82) is 0 Å². The van der Waals surface area contributed by atoms with Crippen LogP contribution in [0.5, 0.6) is 0 Å². The highest BCUT2D eigenvalue weighted by Crippen LogP contribution is 2.34. The summed E-state index contributed by atoms with van der Waals surface area (Å²) in [4.78, 5) is 16.2. The maximum Gasteiger partial charge on any atom is 0.163 e. The van der Waals surface area contributed by atoms with Crippen molar-refractivity contribution >= 4 is 16.7 Å². The highest BCUT2D eigenvalue weighted by molar-refractivity contribution is 5.97. The number of aromatic amines is 1. The Bertz CT molecular complexity index is 986. The summed E-state index contributed by atoms with van der Waals surface area (Å²) in [5, 5.41) is 1.18. The Labute approximate surface area is 147 Å². The smallest absolute Gasteiger partial charge is 0.163 e. The van der Waals surface area contributed by atoms with Crippen molar-refractivity contribution in [3.63, 3.8) is 0 Å². The molecule has 0 fully saturated rings. The van der Waals surface area contributed by atoms with E-state index in [-0.39, 0.29) is 11.7 Å². The van der Waals surface area contributed by atoms with Gasteiger partial charge in [0.05, 0.1) is 0 Å². The van der Waals surface area contributed by atoms with Gasteiger partial charge in [0.2, 0.25) is 0 Å². The number of para-hydroxylation sites is 1. The molecule has 0 amide bonds. The van der Waals surface area contributed by atoms with Gasteiger partial charge >= 0.3 is 0 Å². The van der Waals surface area contributed by atoms with Crippen LogP contribution in [0, 0.1) is 0 Å². The van der Waals surface area contributed by atoms with E-state index in [2.05, 4.69) is 29.2 Å². The van der Waals surface area contributed by atoms with Crippen molar-refractivity contribution in [2.75, 3.05) is 0 Å². The predicted molar refractivity (Wildman–Crippen MR) is 102 cm³/mol. The Morgan fingerprint density at radius 3 is 2.20 bits per heavy atom. The van der Waals surface area contributed by atoms with Gasteiger partial charge in [0.25, 0.3) is 0 Å². The summed E-state index contributed by atoms with van der Waals surface area (Å²) in [5.74, 6) is 0.199. The van der Waals surface area contributed by atoms with Gasteiger partial charge in [-0.15, -0.1) is 0 Å². The quantitative estimate of drug-likeness (QED) is 0.478. The lowest BCUT2D eigenvalue weighted by molar-refractivity contribution is 0.0978. The summed E-state index contributed by atoms with van der Waals surface area (Å²) in [6.45, 7) is 0. The Morgan fingerprint density at radius 1 is 0.800 bits per heavy atom. The number of aromatic nitrogens is 1. The van der Waals surface area contributed by atoms with Crippen LogP contribution in [0.25, 0.3) is 10.9 Å². The molecule has 1 aromatic heterocycles. The molecule has 3 aromatic carbocycles. The molecule has 1 unspecified atom stereocenters. The number of rotatable bonds is 5. The van der Waals surface area contributed by atoms with Crippen molar-refractivity contribution in [3.05, 3.63) is 108 Å². The number of nitrogens with one attached hydrogen (secondary N) is 1. The molecule has 0 aliphatic rings. The topological polar surface area (TPSA) is 32.9 Å². The van der Waals surface area contributed by atoms with E-state index in [4.69, 9.17) is 0 Å². The van der Waals surface area contributed by atoms with Crippen LogP contribution in [-0.4, -0.2) is 10.8 Å². The number of benzene rings is 3.